The van der Waals surface area contributed by atoms with Crippen molar-refractivity contribution in [3.63, 3.8) is 0 Å². The average molecular weight is 345 g/mol. The van der Waals surface area contributed by atoms with Crippen LogP contribution in [0.5, 0.6) is 0 Å². The molecule has 0 aliphatic carbocycles. The highest BCUT2D eigenvalue weighted by Crippen LogP contribution is 2.28. The van der Waals surface area contributed by atoms with Gasteiger partial charge in [-0.2, -0.15) is 0 Å². The van der Waals surface area contributed by atoms with Gasteiger partial charge in [0.2, 0.25) is 0 Å². The van der Waals surface area contributed by atoms with Crippen LogP contribution in [0.1, 0.15) is 41.4 Å². The maximum Gasteiger partial charge on any atom is 0.255 e. The van der Waals surface area contributed by atoms with E-state index in [4.69, 9.17) is 0 Å². The summed E-state index contributed by atoms with van der Waals surface area (Å²) in [6, 6.07) is 14.6. The summed E-state index contributed by atoms with van der Waals surface area (Å²) < 4.78 is 0. The second-order valence-corrected chi connectivity index (χ2v) is 7.26. The lowest BCUT2D eigenvalue weighted by Crippen LogP contribution is -2.33. The van der Waals surface area contributed by atoms with Gasteiger partial charge >= 0.3 is 0 Å². The Morgan fingerprint density at radius 2 is 1.85 bits per heavy atom. The van der Waals surface area contributed by atoms with Gasteiger partial charge in [0.05, 0.1) is 11.3 Å². The van der Waals surface area contributed by atoms with Crippen LogP contribution in [0.25, 0.3) is 22.5 Å². The minimum Gasteiger partial charge on any atom is -0.358 e. The summed E-state index contributed by atoms with van der Waals surface area (Å²) in [5, 5.41) is 0. The molecule has 3 aromatic rings. The van der Waals surface area contributed by atoms with Crippen molar-refractivity contribution >= 4 is 5.91 Å². The molecule has 4 rings (SSSR count). The summed E-state index contributed by atoms with van der Waals surface area (Å²) in [7, 11) is 1.85. The van der Waals surface area contributed by atoms with E-state index in [9.17, 15) is 4.79 Å². The van der Waals surface area contributed by atoms with Crippen LogP contribution in [0, 0.1) is 0 Å². The Morgan fingerprint density at radius 3 is 2.58 bits per heavy atom. The molecule has 1 aromatic carbocycles. The van der Waals surface area contributed by atoms with Gasteiger partial charge in [-0.25, -0.2) is 0 Å². The van der Waals surface area contributed by atoms with E-state index in [-0.39, 0.29) is 5.91 Å². The number of hydrogen-bond donors (Lipinski definition) is 1. The molecular weight excluding hydrogens is 322 g/mol. The summed E-state index contributed by atoms with van der Waals surface area (Å²) in [4.78, 5) is 22.1. The summed E-state index contributed by atoms with van der Waals surface area (Å²) in [5.74, 6) is 0.608. The van der Waals surface area contributed by atoms with E-state index in [1.165, 1.54) is 5.56 Å². The van der Waals surface area contributed by atoms with Crippen LogP contribution in [0.15, 0.2) is 48.7 Å². The lowest BCUT2D eigenvalue weighted by Gasteiger charge is -2.21. The fourth-order valence-electron chi connectivity index (χ4n) is 3.42. The third-order valence-corrected chi connectivity index (χ3v) is 5.12. The van der Waals surface area contributed by atoms with Gasteiger partial charge in [0, 0.05) is 48.7 Å². The van der Waals surface area contributed by atoms with Crippen molar-refractivity contribution in [3.8, 4) is 22.5 Å². The van der Waals surface area contributed by atoms with Crippen molar-refractivity contribution in [2.24, 2.45) is 0 Å². The van der Waals surface area contributed by atoms with Gasteiger partial charge in [-0.1, -0.05) is 38.1 Å². The zero-order chi connectivity index (χ0) is 18.3. The molecule has 2 aromatic heterocycles. The number of aromatic amines is 1. The van der Waals surface area contributed by atoms with E-state index in [2.05, 4.69) is 54.1 Å². The van der Waals surface area contributed by atoms with Gasteiger partial charge in [0.25, 0.3) is 5.91 Å². The molecule has 4 heteroatoms. The normalized spacial score (nSPS) is 14.0. The van der Waals surface area contributed by atoms with E-state index < -0.39 is 0 Å². The smallest absolute Gasteiger partial charge is 0.255 e. The molecule has 0 atom stereocenters. The van der Waals surface area contributed by atoms with Crippen LogP contribution in [-0.4, -0.2) is 34.4 Å². The van der Waals surface area contributed by atoms with E-state index in [0.717, 1.165) is 46.7 Å². The highest BCUT2D eigenvalue weighted by molar-refractivity contribution is 5.97. The Morgan fingerprint density at radius 1 is 1.08 bits per heavy atom. The number of amides is 1. The summed E-state index contributed by atoms with van der Waals surface area (Å²) >= 11 is 0. The number of H-pyrrole nitrogens is 1. The van der Waals surface area contributed by atoms with Crippen LogP contribution in [-0.2, 0) is 6.42 Å². The number of carbonyl (C=O) groups is 1. The molecule has 0 radical (unpaired) electrons. The van der Waals surface area contributed by atoms with Crippen molar-refractivity contribution < 1.29 is 4.79 Å². The zero-order valence-electron chi connectivity index (χ0n) is 15.4. The number of likely N-dealkylation sites (N-methyl/N-ethyl adjacent to an activating group) is 1. The van der Waals surface area contributed by atoms with Gasteiger partial charge < -0.3 is 9.88 Å². The molecule has 4 nitrogen and oxygen atoms in total. The first-order valence-corrected chi connectivity index (χ1v) is 9.07. The SMILES string of the molecule is CC(C)c1ccc(-c2cc(-c3cc4c([nH]3)CCN(C)C4=O)ccn2)cc1. The molecule has 1 aliphatic heterocycles. The minimum atomic E-state index is 0.0901. The highest BCUT2D eigenvalue weighted by Gasteiger charge is 2.24. The molecule has 132 valence electrons. The number of pyridine rings is 1. The van der Waals surface area contributed by atoms with Crippen molar-refractivity contribution in [2.45, 2.75) is 26.2 Å². The second kappa shape index (κ2) is 6.45. The van der Waals surface area contributed by atoms with Gasteiger partial charge in [0.1, 0.15) is 0 Å². The molecule has 0 fully saturated rings. The average Bonchev–Trinajstić information content (AvgIpc) is 3.10. The highest BCUT2D eigenvalue weighted by atomic mass is 16.2. The maximum atomic E-state index is 12.3. The Hall–Kier alpha value is -2.88. The van der Waals surface area contributed by atoms with Crippen molar-refractivity contribution in [3.05, 3.63) is 65.5 Å². The molecule has 0 spiro atoms. The number of hydrogen-bond acceptors (Lipinski definition) is 2. The Kier molecular flexibility index (Phi) is 4.11. The van der Waals surface area contributed by atoms with Gasteiger partial charge in [0.15, 0.2) is 0 Å². The number of fused-ring (bicyclic) bond motifs is 1. The van der Waals surface area contributed by atoms with E-state index in [0.29, 0.717) is 5.92 Å². The number of rotatable bonds is 3. The fraction of sp³-hybridized carbons (Fsp3) is 0.273. The fourth-order valence-corrected chi connectivity index (χ4v) is 3.42. The lowest BCUT2D eigenvalue weighted by atomic mass is 10.00. The predicted molar refractivity (Wildman–Crippen MR) is 104 cm³/mol. The lowest BCUT2D eigenvalue weighted by molar-refractivity contribution is 0.0780. The summed E-state index contributed by atoms with van der Waals surface area (Å²) in [5.41, 5.74) is 7.20. The molecule has 26 heavy (non-hydrogen) atoms. The van der Waals surface area contributed by atoms with E-state index >= 15 is 0 Å². The third kappa shape index (κ3) is 2.92. The first kappa shape index (κ1) is 16.6. The van der Waals surface area contributed by atoms with Gasteiger partial charge in [-0.3, -0.25) is 9.78 Å². The molecule has 1 aliphatic rings. The monoisotopic (exact) mass is 345 g/mol. The zero-order valence-corrected chi connectivity index (χ0v) is 15.4. The molecule has 1 amide bonds. The molecule has 3 heterocycles. The number of nitrogens with zero attached hydrogens (tertiary/aromatic N) is 2. The standard InChI is InChI=1S/C22H23N3O/c1-14(2)15-4-6-16(7-5-15)20-12-17(8-10-23-20)21-13-18-19(24-21)9-11-25(3)22(18)26/h4-8,10,12-14,24H,9,11H2,1-3H3. The number of carbonyl (C=O) groups excluding carboxylic acids is 1. The topological polar surface area (TPSA) is 49.0 Å². The molecule has 0 saturated carbocycles. The van der Waals surface area contributed by atoms with Crippen molar-refractivity contribution in [1.29, 1.82) is 0 Å². The van der Waals surface area contributed by atoms with Gasteiger partial charge in [-0.05, 0) is 29.7 Å². The van der Waals surface area contributed by atoms with Crippen molar-refractivity contribution in [2.75, 3.05) is 13.6 Å². The Bertz CT molecular complexity index is 954. The molecule has 0 unspecified atom stereocenters. The molecule has 0 bridgehead atoms. The van der Waals surface area contributed by atoms with E-state index in [1.807, 2.05) is 25.4 Å². The number of nitrogens with one attached hydrogen (secondary N) is 1. The molecule has 1 N–H and O–H groups in total. The first-order valence-electron chi connectivity index (χ1n) is 9.07. The largest absolute Gasteiger partial charge is 0.358 e. The van der Waals surface area contributed by atoms with Crippen LogP contribution in [0.4, 0.5) is 0 Å². The van der Waals surface area contributed by atoms with Crippen LogP contribution < -0.4 is 0 Å². The predicted octanol–water partition coefficient (Wildman–Crippen LogP) is 4.50. The summed E-state index contributed by atoms with van der Waals surface area (Å²) in [6.07, 6.45) is 2.70. The van der Waals surface area contributed by atoms with Crippen LogP contribution in [0.2, 0.25) is 0 Å². The second-order valence-electron chi connectivity index (χ2n) is 7.26. The van der Waals surface area contributed by atoms with Crippen LogP contribution in [0.3, 0.4) is 0 Å². The number of aromatic nitrogens is 2. The molecule has 0 saturated heterocycles. The Balaban J connectivity index is 1.68. The minimum absolute atomic E-state index is 0.0901. The first-order chi connectivity index (χ1) is 12.5. The molecular formula is C22H23N3O. The summed E-state index contributed by atoms with van der Waals surface area (Å²) in [6.45, 7) is 5.15. The van der Waals surface area contributed by atoms with Crippen LogP contribution >= 0.6 is 0 Å². The van der Waals surface area contributed by atoms with E-state index in [1.54, 1.807) is 4.90 Å². The maximum absolute atomic E-state index is 12.3. The quantitative estimate of drug-likeness (QED) is 0.760. The van der Waals surface area contributed by atoms with Crippen molar-refractivity contribution in [1.82, 2.24) is 14.9 Å². The Labute approximate surface area is 153 Å². The number of benzene rings is 1. The van der Waals surface area contributed by atoms with Gasteiger partial charge in [-0.15, -0.1) is 0 Å². The third-order valence-electron chi connectivity index (χ3n) is 5.12.